The zero-order chi connectivity index (χ0) is 16.8. The fraction of sp³-hybridized carbons (Fsp3) is 0.867. The average Bonchev–Trinajstić information content (AvgIpc) is 2.30. The smallest absolute Gasteiger partial charge is 0.325 e. The van der Waals surface area contributed by atoms with Crippen LogP contribution >= 0.6 is 0 Å². The van der Waals surface area contributed by atoms with Crippen LogP contribution in [0.25, 0.3) is 0 Å². The maximum Gasteiger partial charge on any atom is 0.325 e. The monoisotopic (exact) mass is 302 g/mol. The number of hydrogen-bond donors (Lipinski definition) is 2. The van der Waals surface area contributed by atoms with Crippen molar-refractivity contribution in [2.75, 3.05) is 13.7 Å². The number of carbonyl (C=O) groups is 2. The topological polar surface area (TPSA) is 76.7 Å². The molecule has 2 atom stereocenters. The minimum Gasteiger partial charge on any atom is -0.468 e. The molecule has 0 rings (SSSR count). The van der Waals surface area contributed by atoms with Gasteiger partial charge in [0.2, 0.25) is 0 Å². The van der Waals surface area contributed by atoms with E-state index in [9.17, 15) is 9.59 Å². The summed E-state index contributed by atoms with van der Waals surface area (Å²) in [6.07, 6.45) is 0. The lowest BCUT2D eigenvalue weighted by Gasteiger charge is -2.35. The third-order valence-corrected chi connectivity index (χ3v) is 2.51. The van der Waals surface area contributed by atoms with Crippen LogP contribution in [0.5, 0.6) is 0 Å². The molecule has 6 nitrogen and oxygen atoms in total. The molecule has 6 heteroatoms. The molecular formula is C15H30N2O4. The molecule has 0 saturated heterocycles. The van der Waals surface area contributed by atoms with Crippen molar-refractivity contribution >= 4 is 11.9 Å². The van der Waals surface area contributed by atoms with Gasteiger partial charge in [-0.05, 0) is 48.5 Å². The first kappa shape index (κ1) is 19.9. The van der Waals surface area contributed by atoms with Crippen LogP contribution in [0, 0.1) is 0 Å². The van der Waals surface area contributed by atoms with Crippen LogP contribution in [0.15, 0.2) is 0 Å². The Hall–Kier alpha value is -1.14. The fourth-order valence-electron chi connectivity index (χ4n) is 1.85. The van der Waals surface area contributed by atoms with E-state index in [4.69, 9.17) is 9.47 Å². The molecule has 0 amide bonds. The third kappa shape index (κ3) is 8.02. The number of rotatable bonds is 6. The second-order valence-corrected chi connectivity index (χ2v) is 7.02. The highest BCUT2D eigenvalue weighted by molar-refractivity contribution is 5.87. The van der Waals surface area contributed by atoms with E-state index in [0.717, 1.165) is 0 Å². The Morgan fingerprint density at radius 1 is 0.905 bits per heavy atom. The van der Waals surface area contributed by atoms with E-state index in [1.165, 1.54) is 7.11 Å². The van der Waals surface area contributed by atoms with Crippen LogP contribution in [0.4, 0.5) is 0 Å². The molecule has 0 fully saturated rings. The van der Waals surface area contributed by atoms with Crippen molar-refractivity contribution in [2.24, 2.45) is 0 Å². The number of hydrogen-bond acceptors (Lipinski definition) is 6. The minimum atomic E-state index is -0.826. The number of ether oxygens (including phenoxy) is 2. The van der Waals surface area contributed by atoms with Crippen molar-refractivity contribution in [2.45, 2.75) is 71.6 Å². The zero-order valence-corrected chi connectivity index (χ0v) is 14.5. The number of nitrogens with one attached hydrogen (secondary N) is 2. The molecule has 21 heavy (non-hydrogen) atoms. The molecule has 0 aliphatic carbocycles. The Balaban J connectivity index is 5.44. The van der Waals surface area contributed by atoms with E-state index < -0.39 is 24.0 Å². The van der Waals surface area contributed by atoms with Crippen molar-refractivity contribution in [1.82, 2.24) is 10.6 Å². The molecule has 0 aromatic heterocycles. The summed E-state index contributed by atoms with van der Waals surface area (Å²) < 4.78 is 9.92. The van der Waals surface area contributed by atoms with Crippen LogP contribution in [0.1, 0.15) is 48.5 Å². The van der Waals surface area contributed by atoms with Gasteiger partial charge in [0.15, 0.2) is 0 Å². The molecule has 0 aliphatic rings. The first-order valence-electron chi connectivity index (χ1n) is 7.21. The van der Waals surface area contributed by atoms with Gasteiger partial charge in [0, 0.05) is 11.1 Å². The van der Waals surface area contributed by atoms with E-state index in [-0.39, 0.29) is 17.7 Å². The molecule has 2 N–H and O–H groups in total. The van der Waals surface area contributed by atoms with Crippen molar-refractivity contribution in [3.63, 3.8) is 0 Å². The summed E-state index contributed by atoms with van der Waals surface area (Å²) >= 11 is 0. The Kier molecular flexibility index (Phi) is 7.33. The summed E-state index contributed by atoms with van der Waals surface area (Å²) in [5, 5.41) is 6.27. The predicted molar refractivity (Wildman–Crippen MR) is 82.0 cm³/mol. The second kappa shape index (κ2) is 7.75. The molecule has 0 aromatic carbocycles. The van der Waals surface area contributed by atoms with Crippen LogP contribution < -0.4 is 10.6 Å². The molecule has 124 valence electrons. The fourth-order valence-corrected chi connectivity index (χ4v) is 1.85. The van der Waals surface area contributed by atoms with Gasteiger partial charge in [0.05, 0.1) is 13.7 Å². The highest BCUT2D eigenvalue weighted by Gasteiger charge is 2.39. The summed E-state index contributed by atoms with van der Waals surface area (Å²) in [6.45, 7) is 13.5. The Labute approximate surface area is 127 Å². The van der Waals surface area contributed by atoms with Gasteiger partial charge in [-0.3, -0.25) is 20.2 Å². The average molecular weight is 302 g/mol. The van der Waals surface area contributed by atoms with Crippen molar-refractivity contribution in [3.05, 3.63) is 0 Å². The van der Waals surface area contributed by atoms with Gasteiger partial charge in [0.1, 0.15) is 12.1 Å². The van der Waals surface area contributed by atoms with E-state index in [1.807, 2.05) is 41.5 Å². The van der Waals surface area contributed by atoms with Crippen LogP contribution in [-0.2, 0) is 19.1 Å². The highest BCUT2D eigenvalue weighted by atomic mass is 16.5. The van der Waals surface area contributed by atoms with Crippen LogP contribution in [0.2, 0.25) is 0 Å². The Morgan fingerprint density at radius 3 is 1.57 bits per heavy atom. The molecule has 0 heterocycles. The maximum absolute atomic E-state index is 12.2. The lowest BCUT2D eigenvalue weighted by molar-refractivity contribution is -0.154. The van der Waals surface area contributed by atoms with Gasteiger partial charge in [0.25, 0.3) is 0 Å². The van der Waals surface area contributed by atoms with Gasteiger partial charge in [-0.15, -0.1) is 0 Å². The van der Waals surface area contributed by atoms with Crippen molar-refractivity contribution in [1.29, 1.82) is 0 Å². The predicted octanol–water partition coefficient (Wildman–Crippen LogP) is 1.24. The van der Waals surface area contributed by atoms with Gasteiger partial charge in [-0.2, -0.15) is 0 Å². The molecule has 0 aromatic rings. The van der Waals surface area contributed by atoms with Gasteiger partial charge < -0.3 is 9.47 Å². The second-order valence-electron chi connectivity index (χ2n) is 7.02. The lowest BCUT2D eigenvalue weighted by Crippen LogP contribution is -2.64. The quantitative estimate of drug-likeness (QED) is 0.719. The zero-order valence-electron chi connectivity index (χ0n) is 14.5. The van der Waals surface area contributed by atoms with Gasteiger partial charge in [-0.1, -0.05) is 0 Å². The van der Waals surface area contributed by atoms with Gasteiger partial charge in [-0.25, -0.2) is 0 Å². The van der Waals surface area contributed by atoms with Crippen LogP contribution in [-0.4, -0.2) is 48.8 Å². The molecule has 0 spiro atoms. The summed E-state index contributed by atoms with van der Waals surface area (Å²) in [6, 6.07) is -1.65. The van der Waals surface area contributed by atoms with Crippen molar-refractivity contribution in [3.8, 4) is 0 Å². The first-order valence-corrected chi connectivity index (χ1v) is 7.21. The molecule has 2 unspecified atom stereocenters. The molecule has 0 radical (unpaired) electrons. The Morgan fingerprint density at radius 2 is 1.29 bits per heavy atom. The van der Waals surface area contributed by atoms with E-state index in [1.54, 1.807) is 6.92 Å². The molecule has 0 aliphatic heterocycles. The first-order chi connectivity index (χ1) is 9.41. The number of carbonyl (C=O) groups excluding carboxylic acids is 2. The summed E-state index contributed by atoms with van der Waals surface area (Å²) in [5.41, 5.74) is -0.716. The third-order valence-electron chi connectivity index (χ3n) is 2.51. The largest absolute Gasteiger partial charge is 0.468 e. The standard InChI is InChI=1S/C15H30N2O4/c1-9-21-13(19)11(17-15(5,6)7)10(12(18)20-8)16-14(2,3)4/h10-11,16-17H,9H2,1-8H3. The number of methoxy groups -OCH3 is 1. The summed E-state index contributed by atoms with van der Waals surface area (Å²) in [7, 11) is 1.30. The van der Waals surface area contributed by atoms with E-state index >= 15 is 0 Å². The van der Waals surface area contributed by atoms with Crippen molar-refractivity contribution < 1.29 is 19.1 Å². The summed E-state index contributed by atoms with van der Waals surface area (Å²) in [4.78, 5) is 24.3. The Bertz CT molecular complexity index is 356. The van der Waals surface area contributed by atoms with E-state index in [2.05, 4.69) is 10.6 Å². The van der Waals surface area contributed by atoms with Gasteiger partial charge >= 0.3 is 11.9 Å². The molecule has 0 saturated carbocycles. The number of esters is 2. The van der Waals surface area contributed by atoms with E-state index in [0.29, 0.717) is 0 Å². The lowest BCUT2D eigenvalue weighted by atomic mass is 9.99. The minimum absolute atomic E-state index is 0.255. The molecular weight excluding hydrogens is 272 g/mol. The molecule has 0 bridgehead atoms. The SMILES string of the molecule is CCOC(=O)C(NC(C)(C)C)C(NC(C)(C)C)C(=O)OC. The normalized spacial score (nSPS) is 15.2. The summed E-state index contributed by atoms with van der Waals surface area (Å²) in [5.74, 6) is -0.973. The maximum atomic E-state index is 12.2. The van der Waals surface area contributed by atoms with Crippen LogP contribution in [0.3, 0.4) is 0 Å². The highest BCUT2D eigenvalue weighted by Crippen LogP contribution is 2.11.